The van der Waals surface area contributed by atoms with Crippen molar-refractivity contribution in [3.05, 3.63) is 28.3 Å². The summed E-state index contributed by atoms with van der Waals surface area (Å²) in [6.45, 7) is 13.6. The second kappa shape index (κ2) is 9.81. The van der Waals surface area contributed by atoms with Crippen LogP contribution in [-0.2, 0) is 9.53 Å². The van der Waals surface area contributed by atoms with Crippen molar-refractivity contribution >= 4 is 29.3 Å². The standard InChI is InChI=1S/C22H34ClN3O3/c1-14-11-15(2)19(18(23)12-14)25-20(27)16(3)26-9-7-17(8-10-26)13-24-21(28)29-22(4,5)6/h11-12,16-17H,7-10,13H2,1-6H3,(H,24,28)(H,25,27). The number of benzene rings is 1. The topological polar surface area (TPSA) is 70.7 Å². The SMILES string of the molecule is Cc1cc(C)c(NC(=O)C(C)N2CCC(CNC(=O)OC(C)(C)C)CC2)c(Cl)c1. The summed E-state index contributed by atoms with van der Waals surface area (Å²) < 4.78 is 5.28. The fourth-order valence-electron chi connectivity index (χ4n) is 3.55. The number of alkyl carbamates (subject to hydrolysis) is 1. The lowest BCUT2D eigenvalue weighted by molar-refractivity contribution is -0.121. The molecule has 0 radical (unpaired) electrons. The van der Waals surface area contributed by atoms with Gasteiger partial charge in [-0.1, -0.05) is 17.7 Å². The van der Waals surface area contributed by atoms with Crippen LogP contribution in [0, 0.1) is 19.8 Å². The Labute approximate surface area is 179 Å². The lowest BCUT2D eigenvalue weighted by Gasteiger charge is -2.35. The van der Waals surface area contributed by atoms with E-state index in [0.717, 1.165) is 37.1 Å². The Balaban J connectivity index is 1.81. The molecule has 0 aromatic heterocycles. The molecule has 1 aromatic rings. The molecule has 0 bridgehead atoms. The van der Waals surface area contributed by atoms with Crippen LogP contribution in [-0.4, -0.2) is 48.2 Å². The quantitative estimate of drug-likeness (QED) is 0.730. The Morgan fingerprint density at radius 1 is 1.24 bits per heavy atom. The number of hydrogen-bond donors (Lipinski definition) is 2. The molecular formula is C22H34ClN3O3. The highest BCUT2D eigenvalue weighted by Crippen LogP contribution is 2.28. The number of carbonyl (C=O) groups excluding carboxylic acids is 2. The molecule has 1 saturated heterocycles. The van der Waals surface area contributed by atoms with Crippen LogP contribution >= 0.6 is 11.6 Å². The summed E-state index contributed by atoms with van der Waals surface area (Å²) in [7, 11) is 0. The maximum absolute atomic E-state index is 12.7. The van der Waals surface area contributed by atoms with E-state index in [9.17, 15) is 9.59 Å². The average Bonchev–Trinajstić information content (AvgIpc) is 2.61. The first-order chi connectivity index (χ1) is 13.5. The molecule has 0 saturated carbocycles. The van der Waals surface area contributed by atoms with Crippen LogP contribution in [0.25, 0.3) is 0 Å². The smallest absolute Gasteiger partial charge is 0.407 e. The fourth-order valence-corrected chi connectivity index (χ4v) is 3.92. The van der Waals surface area contributed by atoms with E-state index in [1.165, 1.54) is 0 Å². The molecule has 7 heteroatoms. The van der Waals surface area contributed by atoms with Gasteiger partial charge in [-0.05, 0) is 90.6 Å². The lowest BCUT2D eigenvalue weighted by atomic mass is 9.95. The zero-order valence-electron chi connectivity index (χ0n) is 18.4. The molecule has 1 unspecified atom stereocenters. The molecule has 2 N–H and O–H groups in total. The van der Waals surface area contributed by atoms with E-state index >= 15 is 0 Å². The Morgan fingerprint density at radius 3 is 2.41 bits per heavy atom. The molecule has 1 fully saturated rings. The van der Waals surface area contributed by atoms with Gasteiger partial charge < -0.3 is 15.4 Å². The van der Waals surface area contributed by atoms with E-state index in [1.807, 2.05) is 53.7 Å². The van der Waals surface area contributed by atoms with Crippen LogP contribution in [0.15, 0.2) is 12.1 Å². The Hall–Kier alpha value is -1.79. The summed E-state index contributed by atoms with van der Waals surface area (Å²) in [5.74, 6) is 0.340. The molecule has 2 rings (SSSR count). The largest absolute Gasteiger partial charge is 0.444 e. The number of carbonyl (C=O) groups is 2. The molecule has 6 nitrogen and oxygen atoms in total. The number of ether oxygens (including phenoxy) is 1. The van der Waals surface area contributed by atoms with E-state index in [1.54, 1.807) is 0 Å². The van der Waals surface area contributed by atoms with E-state index in [0.29, 0.717) is 23.2 Å². The van der Waals surface area contributed by atoms with Crippen LogP contribution in [0.1, 0.15) is 51.7 Å². The highest BCUT2D eigenvalue weighted by Gasteiger charge is 2.28. The summed E-state index contributed by atoms with van der Waals surface area (Å²) in [6, 6.07) is 3.62. The molecule has 1 aliphatic heterocycles. The van der Waals surface area contributed by atoms with E-state index in [-0.39, 0.29) is 18.0 Å². The lowest BCUT2D eigenvalue weighted by Crippen LogP contribution is -2.47. The Bertz CT molecular complexity index is 714. The molecule has 29 heavy (non-hydrogen) atoms. The summed E-state index contributed by atoms with van der Waals surface area (Å²) in [4.78, 5) is 26.7. The maximum Gasteiger partial charge on any atom is 0.407 e. The highest BCUT2D eigenvalue weighted by atomic mass is 35.5. The number of halogens is 1. The molecule has 1 aliphatic rings. The normalized spacial score (nSPS) is 16.9. The zero-order valence-corrected chi connectivity index (χ0v) is 19.2. The second-order valence-electron chi connectivity index (χ2n) is 8.97. The zero-order chi connectivity index (χ0) is 21.8. The first-order valence-corrected chi connectivity index (χ1v) is 10.6. The minimum Gasteiger partial charge on any atom is -0.444 e. The van der Waals surface area contributed by atoms with Gasteiger partial charge in [-0.2, -0.15) is 0 Å². The molecule has 0 aliphatic carbocycles. The predicted molar refractivity (Wildman–Crippen MR) is 118 cm³/mol. The number of amides is 2. The third kappa shape index (κ3) is 7.19. The Kier molecular flexibility index (Phi) is 7.94. The minimum atomic E-state index is -0.491. The van der Waals surface area contributed by atoms with Crippen LogP contribution in [0.2, 0.25) is 5.02 Å². The minimum absolute atomic E-state index is 0.0517. The number of likely N-dealkylation sites (tertiary alicyclic amines) is 1. The van der Waals surface area contributed by atoms with E-state index < -0.39 is 5.60 Å². The van der Waals surface area contributed by atoms with Gasteiger partial charge in [0.2, 0.25) is 5.91 Å². The van der Waals surface area contributed by atoms with Gasteiger partial charge in [0, 0.05) is 6.54 Å². The number of nitrogens with one attached hydrogen (secondary N) is 2. The molecule has 0 spiro atoms. The van der Waals surface area contributed by atoms with Crippen LogP contribution in [0.5, 0.6) is 0 Å². The first kappa shape index (κ1) is 23.5. The van der Waals surface area contributed by atoms with E-state index in [2.05, 4.69) is 15.5 Å². The van der Waals surface area contributed by atoms with Gasteiger partial charge in [0.25, 0.3) is 0 Å². The molecule has 2 amide bonds. The molecule has 162 valence electrons. The molecular weight excluding hydrogens is 390 g/mol. The summed E-state index contributed by atoms with van der Waals surface area (Å²) in [5, 5.41) is 6.41. The van der Waals surface area contributed by atoms with Gasteiger partial charge in [0.1, 0.15) is 5.60 Å². The van der Waals surface area contributed by atoms with Gasteiger partial charge in [-0.15, -0.1) is 0 Å². The van der Waals surface area contributed by atoms with Crippen LogP contribution in [0.3, 0.4) is 0 Å². The van der Waals surface area contributed by atoms with Crippen molar-refractivity contribution in [1.82, 2.24) is 10.2 Å². The molecule has 1 heterocycles. The molecule has 1 aromatic carbocycles. The van der Waals surface area contributed by atoms with Gasteiger partial charge in [0.05, 0.1) is 16.8 Å². The van der Waals surface area contributed by atoms with Crippen molar-refractivity contribution in [3.63, 3.8) is 0 Å². The van der Waals surface area contributed by atoms with Crippen molar-refractivity contribution < 1.29 is 14.3 Å². The van der Waals surface area contributed by atoms with Crippen molar-refractivity contribution in [1.29, 1.82) is 0 Å². The second-order valence-corrected chi connectivity index (χ2v) is 9.37. The summed E-state index contributed by atoms with van der Waals surface area (Å²) >= 11 is 6.32. The van der Waals surface area contributed by atoms with Crippen molar-refractivity contribution in [2.75, 3.05) is 25.0 Å². The number of hydrogen-bond acceptors (Lipinski definition) is 4. The van der Waals surface area contributed by atoms with Gasteiger partial charge in [0.15, 0.2) is 0 Å². The number of piperidine rings is 1. The highest BCUT2D eigenvalue weighted by molar-refractivity contribution is 6.34. The number of aryl methyl sites for hydroxylation is 2. The van der Waals surface area contributed by atoms with E-state index in [4.69, 9.17) is 16.3 Å². The number of rotatable bonds is 5. The third-order valence-electron chi connectivity index (χ3n) is 5.19. The Morgan fingerprint density at radius 2 is 1.86 bits per heavy atom. The number of nitrogens with zero attached hydrogens (tertiary/aromatic N) is 1. The monoisotopic (exact) mass is 423 g/mol. The van der Waals surface area contributed by atoms with Crippen molar-refractivity contribution in [2.45, 2.75) is 66.0 Å². The summed E-state index contributed by atoms with van der Waals surface area (Å²) in [5.41, 5.74) is 2.23. The van der Waals surface area contributed by atoms with Crippen molar-refractivity contribution in [2.24, 2.45) is 5.92 Å². The van der Waals surface area contributed by atoms with Gasteiger partial charge in [-0.25, -0.2) is 4.79 Å². The average molecular weight is 424 g/mol. The van der Waals surface area contributed by atoms with Crippen LogP contribution in [0.4, 0.5) is 10.5 Å². The molecule has 1 atom stereocenters. The third-order valence-corrected chi connectivity index (χ3v) is 5.49. The number of anilines is 1. The summed E-state index contributed by atoms with van der Waals surface area (Å²) in [6.07, 6.45) is 1.48. The maximum atomic E-state index is 12.7. The van der Waals surface area contributed by atoms with Gasteiger partial charge in [-0.3, -0.25) is 9.69 Å². The van der Waals surface area contributed by atoms with Crippen molar-refractivity contribution in [3.8, 4) is 0 Å². The van der Waals surface area contributed by atoms with Crippen LogP contribution < -0.4 is 10.6 Å². The predicted octanol–water partition coefficient (Wildman–Crippen LogP) is 4.52. The fraction of sp³-hybridized carbons (Fsp3) is 0.636. The van der Waals surface area contributed by atoms with Gasteiger partial charge >= 0.3 is 6.09 Å². The first-order valence-electron chi connectivity index (χ1n) is 10.2.